The van der Waals surface area contributed by atoms with Crippen molar-refractivity contribution in [2.24, 2.45) is 0 Å². The molecule has 0 radical (unpaired) electrons. The third-order valence-electron chi connectivity index (χ3n) is 1.39. The summed E-state index contributed by atoms with van der Waals surface area (Å²) in [5.74, 6) is 0. The van der Waals surface area contributed by atoms with E-state index in [9.17, 15) is 0 Å². The molecule has 1 aromatic rings. The van der Waals surface area contributed by atoms with Crippen LogP contribution in [0, 0.1) is 6.92 Å². The van der Waals surface area contributed by atoms with Crippen LogP contribution in [0.4, 0.5) is 5.13 Å². The summed E-state index contributed by atoms with van der Waals surface area (Å²) >= 11 is 1.61. The van der Waals surface area contributed by atoms with E-state index in [0.29, 0.717) is 5.13 Å². The molecular weight excluding hydrogens is 144 g/mol. The maximum Gasteiger partial charge on any atom is 0.180 e. The second-order valence-corrected chi connectivity index (χ2v) is 3.43. The molecule has 0 aliphatic heterocycles. The molecular formula is C7H12N2S. The molecule has 2 N–H and O–H groups in total. The molecule has 0 aliphatic carbocycles. The average molecular weight is 156 g/mol. The van der Waals surface area contributed by atoms with E-state index in [2.05, 4.69) is 11.9 Å². The smallest absolute Gasteiger partial charge is 0.180 e. The Labute approximate surface area is 65.1 Å². The van der Waals surface area contributed by atoms with E-state index in [0.717, 1.165) is 12.1 Å². The number of aryl methyl sites for hydroxylation is 2. The largest absolute Gasteiger partial charge is 0.375 e. The van der Waals surface area contributed by atoms with Crippen LogP contribution in [0.15, 0.2) is 0 Å². The van der Waals surface area contributed by atoms with Crippen LogP contribution in [0.5, 0.6) is 0 Å². The van der Waals surface area contributed by atoms with E-state index in [4.69, 9.17) is 5.73 Å². The summed E-state index contributed by atoms with van der Waals surface area (Å²) in [5.41, 5.74) is 6.62. The summed E-state index contributed by atoms with van der Waals surface area (Å²) < 4.78 is 0. The Morgan fingerprint density at radius 1 is 1.60 bits per heavy atom. The van der Waals surface area contributed by atoms with Crippen molar-refractivity contribution in [2.45, 2.75) is 26.7 Å². The second-order valence-electron chi connectivity index (χ2n) is 2.31. The number of hydrogen-bond acceptors (Lipinski definition) is 3. The topological polar surface area (TPSA) is 38.9 Å². The van der Waals surface area contributed by atoms with Gasteiger partial charge >= 0.3 is 0 Å². The fourth-order valence-electron chi connectivity index (χ4n) is 0.910. The quantitative estimate of drug-likeness (QED) is 0.711. The predicted molar refractivity (Wildman–Crippen MR) is 45.3 cm³/mol. The van der Waals surface area contributed by atoms with Crippen LogP contribution < -0.4 is 5.73 Å². The van der Waals surface area contributed by atoms with Gasteiger partial charge in [0.1, 0.15) is 0 Å². The van der Waals surface area contributed by atoms with Gasteiger partial charge in [-0.2, -0.15) is 0 Å². The zero-order chi connectivity index (χ0) is 7.56. The SMILES string of the molecule is CCCc1sc(N)nc1C. The molecule has 0 bridgehead atoms. The molecule has 0 saturated carbocycles. The van der Waals surface area contributed by atoms with Crippen molar-refractivity contribution in [2.75, 3.05) is 5.73 Å². The highest BCUT2D eigenvalue weighted by molar-refractivity contribution is 7.15. The molecule has 0 aromatic carbocycles. The molecule has 0 aliphatic rings. The van der Waals surface area contributed by atoms with Crippen molar-refractivity contribution in [3.8, 4) is 0 Å². The van der Waals surface area contributed by atoms with Crippen LogP contribution in [0.3, 0.4) is 0 Å². The number of aromatic nitrogens is 1. The predicted octanol–water partition coefficient (Wildman–Crippen LogP) is 1.99. The average Bonchev–Trinajstić information content (AvgIpc) is 2.13. The van der Waals surface area contributed by atoms with Crippen LogP contribution >= 0.6 is 11.3 Å². The molecule has 10 heavy (non-hydrogen) atoms. The minimum absolute atomic E-state index is 0.695. The summed E-state index contributed by atoms with van der Waals surface area (Å²) in [7, 11) is 0. The molecule has 0 spiro atoms. The van der Waals surface area contributed by atoms with Gasteiger partial charge in [0, 0.05) is 4.88 Å². The van der Waals surface area contributed by atoms with Crippen LogP contribution in [-0.2, 0) is 6.42 Å². The summed E-state index contributed by atoms with van der Waals surface area (Å²) in [6.45, 7) is 4.17. The Bertz CT molecular complexity index is 217. The van der Waals surface area contributed by atoms with Gasteiger partial charge in [-0.1, -0.05) is 13.3 Å². The van der Waals surface area contributed by atoms with Crippen molar-refractivity contribution in [1.29, 1.82) is 0 Å². The molecule has 0 amide bonds. The second kappa shape index (κ2) is 3.01. The van der Waals surface area contributed by atoms with Crippen LogP contribution in [0.1, 0.15) is 23.9 Å². The first kappa shape index (κ1) is 7.54. The Hall–Kier alpha value is -0.570. The van der Waals surface area contributed by atoms with E-state index < -0.39 is 0 Å². The van der Waals surface area contributed by atoms with Gasteiger partial charge in [-0.05, 0) is 13.3 Å². The normalized spacial score (nSPS) is 10.2. The summed E-state index contributed by atoms with van der Waals surface area (Å²) in [5, 5.41) is 0.695. The van der Waals surface area contributed by atoms with E-state index >= 15 is 0 Å². The van der Waals surface area contributed by atoms with Gasteiger partial charge in [-0.25, -0.2) is 4.98 Å². The number of anilines is 1. The van der Waals surface area contributed by atoms with Crippen LogP contribution in [0.25, 0.3) is 0 Å². The maximum atomic E-state index is 5.52. The van der Waals surface area contributed by atoms with Gasteiger partial charge in [0.25, 0.3) is 0 Å². The highest BCUT2D eigenvalue weighted by Gasteiger charge is 2.02. The van der Waals surface area contributed by atoms with Crippen molar-refractivity contribution in [3.63, 3.8) is 0 Å². The maximum absolute atomic E-state index is 5.52. The lowest BCUT2D eigenvalue weighted by Gasteiger charge is -1.90. The number of hydrogen-bond donors (Lipinski definition) is 1. The first-order valence-corrected chi connectivity index (χ1v) is 4.27. The number of rotatable bonds is 2. The minimum Gasteiger partial charge on any atom is -0.375 e. The number of nitrogens with two attached hydrogens (primary N) is 1. The van der Waals surface area contributed by atoms with Crippen molar-refractivity contribution in [1.82, 2.24) is 4.98 Å². The number of nitrogen functional groups attached to an aromatic ring is 1. The molecule has 3 heteroatoms. The van der Waals surface area contributed by atoms with Crippen molar-refractivity contribution < 1.29 is 0 Å². The zero-order valence-electron chi connectivity index (χ0n) is 6.35. The van der Waals surface area contributed by atoms with Gasteiger partial charge < -0.3 is 5.73 Å². The fraction of sp³-hybridized carbons (Fsp3) is 0.571. The Morgan fingerprint density at radius 2 is 2.30 bits per heavy atom. The Balaban J connectivity index is 2.81. The lowest BCUT2D eigenvalue weighted by Crippen LogP contribution is -1.82. The van der Waals surface area contributed by atoms with Crippen molar-refractivity contribution in [3.05, 3.63) is 10.6 Å². The molecule has 1 aromatic heterocycles. The third-order valence-corrected chi connectivity index (χ3v) is 2.43. The standard InChI is InChI=1S/C7H12N2S/c1-3-4-6-5(2)9-7(8)10-6/h3-4H2,1-2H3,(H2,8,9). The molecule has 56 valence electrons. The highest BCUT2D eigenvalue weighted by atomic mass is 32.1. The first-order valence-electron chi connectivity index (χ1n) is 3.45. The van der Waals surface area contributed by atoms with Crippen LogP contribution in [-0.4, -0.2) is 4.98 Å². The van der Waals surface area contributed by atoms with Crippen LogP contribution in [0.2, 0.25) is 0 Å². The number of thiazole rings is 1. The Kier molecular flexibility index (Phi) is 2.27. The van der Waals surface area contributed by atoms with Gasteiger partial charge in [0.2, 0.25) is 0 Å². The van der Waals surface area contributed by atoms with E-state index in [-0.39, 0.29) is 0 Å². The lowest BCUT2D eigenvalue weighted by molar-refractivity contribution is 0.925. The fourth-order valence-corrected chi connectivity index (χ4v) is 1.84. The molecule has 0 unspecified atom stereocenters. The molecule has 2 nitrogen and oxygen atoms in total. The highest BCUT2D eigenvalue weighted by Crippen LogP contribution is 2.20. The third kappa shape index (κ3) is 1.48. The van der Waals surface area contributed by atoms with E-state index in [1.54, 1.807) is 11.3 Å². The monoisotopic (exact) mass is 156 g/mol. The molecule has 0 atom stereocenters. The van der Waals surface area contributed by atoms with Gasteiger partial charge in [0.05, 0.1) is 5.69 Å². The summed E-state index contributed by atoms with van der Waals surface area (Å²) in [4.78, 5) is 5.46. The van der Waals surface area contributed by atoms with Gasteiger partial charge in [-0.15, -0.1) is 11.3 Å². The van der Waals surface area contributed by atoms with Gasteiger partial charge in [-0.3, -0.25) is 0 Å². The Morgan fingerprint density at radius 3 is 2.70 bits per heavy atom. The number of nitrogens with zero attached hydrogens (tertiary/aromatic N) is 1. The summed E-state index contributed by atoms with van der Waals surface area (Å²) in [6.07, 6.45) is 2.28. The zero-order valence-corrected chi connectivity index (χ0v) is 7.16. The molecule has 1 heterocycles. The first-order chi connectivity index (χ1) is 4.74. The summed E-state index contributed by atoms with van der Waals surface area (Å²) in [6, 6.07) is 0. The molecule has 0 fully saturated rings. The minimum atomic E-state index is 0.695. The lowest BCUT2D eigenvalue weighted by atomic mass is 10.2. The molecule has 0 saturated heterocycles. The van der Waals surface area contributed by atoms with E-state index in [1.165, 1.54) is 11.3 Å². The molecule has 1 rings (SSSR count). The van der Waals surface area contributed by atoms with Crippen molar-refractivity contribution >= 4 is 16.5 Å². The van der Waals surface area contributed by atoms with Gasteiger partial charge in [0.15, 0.2) is 5.13 Å². The van der Waals surface area contributed by atoms with E-state index in [1.807, 2.05) is 6.92 Å².